The highest BCUT2D eigenvalue weighted by Gasteiger charge is 2.49. The number of aryl methyl sites for hydroxylation is 1. The topological polar surface area (TPSA) is 84.9 Å². The number of nitrogens with zero attached hydrogens (tertiary/aromatic N) is 1. The molecule has 1 N–H and O–H groups in total. The monoisotopic (exact) mass is 346 g/mol. The number of fused-ring (bicyclic) bond motifs is 1. The number of carbonyl (C=O) groups is 3. The fourth-order valence-corrected chi connectivity index (χ4v) is 3.27. The minimum Gasteiger partial charge on any atom is -0.469 e. The van der Waals surface area contributed by atoms with E-state index in [0.29, 0.717) is 37.4 Å². The van der Waals surface area contributed by atoms with Gasteiger partial charge in [-0.3, -0.25) is 14.4 Å². The minimum atomic E-state index is -1.61. The van der Waals surface area contributed by atoms with Gasteiger partial charge in [-0.05, 0) is 44.4 Å². The maximum atomic E-state index is 12.9. The molecule has 1 saturated heterocycles. The molecular weight excluding hydrogens is 324 g/mol. The third kappa shape index (κ3) is 3.06. The number of esters is 1. The molecule has 7 nitrogen and oxygen atoms in total. The standard InChI is InChI=1S/C18H22N2O5/c1-11-4-5-14-13(10-11)19-16(22)18(2,25-14)17(23)20-8-6-12(7-9-20)15(21)24-3/h4-5,10,12H,6-9H2,1-3H3,(H,19,22). The van der Waals surface area contributed by atoms with E-state index in [9.17, 15) is 14.4 Å². The van der Waals surface area contributed by atoms with Crippen molar-refractivity contribution in [1.82, 2.24) is 4.90 Å². The van der Waals surface area contributed by atoms with Crippen molar-refractivity contribution >= 4 is 23.5 Å². The van der Waals surface area contributed by atoms with Gasteiger partial charge >= 0.3 is 5.97 Å². The molecule has 0 aromatic heterocycles. The van der Waals surface area contributed by atoms with Gasteiger partial charge in [0.25, 0.3) is 17.4 Å². The number of rotatable bonds is 2. The lowest BCUT2D eigenvalue weighted by molar-refractivity contribution is -0.158. The van der Waals surface area contributed by atoms with E-state index in [4.69, 9.17) is 9.47 Å². The number of likely N-dealkylation sites (tertiary alicyclic amines) is 1. The lowest BCUT2D eigenvalue weighted by atomic mass is 9.94. The van der Waals surface area contributed by atoms with Crippen LogP contribution in [0, 0.1) is 12.8 Å². The van der Waals surface area contributed by atoms with Crippen LogP contribution < -0.4 is 10.1 Å². The van der Waals surface area contributed by atoms with Crippen LogP contribution >= 0.6 is 0 Å². The summed E-state index contributed by atoms with van der Waals surface area (Å²) in [6.45, 7) is 4.19. The van der Waals surface area contributed by atoms with E-state index in [1.165, 1.54) is 14.0 Å². The molecule has 0 saturated carbocycles. The Morgan fingerprint density at radius 2 is 2.00 bits per heavy atom. The van der Waals surface area contributed by atoms with Gasteiger partial charge in [-0.15, -0.1) is 0 Å². The zero-order valence-corrected chi connectivity index (χ0v) is 14.6. The average molecular weight is 346 g/mol. The summed E-state index contributed by atoms with van der Waals surface area (Å²) in [7, 11) is 1.36. The van der Waals surface area contributed by atoms with Crippen molar-refractivity contribution in [3.8, 4) is 5.75 Å². The molecule has 2 amide bonds. The maximum absolute atomic E-state index is 12.9. The Kier molecular flexibility index (Phi) is 4.41. The van der Waals surface area contributed by atoms with Crippen LogP contribution in [0.15, 0.2) is 18.2 Å². The second kappa shape index (κ2) is 6.38. The van der Waals surface area contributed by atoms with Gasteiger partial charge < -0.3 is 19.7 Å². The highest BCUT2D eigenvalue weighted by atomic mass is 16.5. The Hall–Kier alpha value is -2.57. The predicted molar refractivity (Wildman–Crippen MR) is 90.2 cm³/mol. The van der Waals surface area contributed by atoms with Crippen molar-refractivity contribution in [1.29, 1.82) is 0 Å². The first-order valence-electron chi connectivity index (χ1n) is 8.33. The molecule has 1 aromatic rings. The maximum Gasteiger partial charge on any atom is 0.308 e. The Bertz CT molecular complexity index is 724. The number of amides is 2. The Balaban J connectivity index is 1.75. The van der Waals surface area contributed by atoms with E-state index in [0.717, 1.165) is 5.56 Å². The van der Waals surface area contributed by atoms with E-state index >= 15 is 0 Å². The zero-order chi connectivity index (χ0) is 18.2. The van der Waals surface area contributed by atoms with Crippen LogP contribution in [0.4, 0.5) is 5.69 Å². The summed E-state index contributed by atoms with van der Waals surface area (Å²) >= 11 is 0. The first kappa shape index (κ1) is 17.3. The quantitative estimate of drug-likeness (QED) is 0.648. The van der Waals surface area contributed by atoms with Gasteiger partial charge in [-0.25, -0.2) is 0 Å². The molecule has 7 heteroatoms. The number of anilines is 1. The Labute approximate surface area is 146 Å². The summed E-state index contributed by atoms with van der Waals surface area (Å²) in [4.78, 5) is 38.7. The number of nitrogens with one attached hydrogen (secondary N) is 1. The van der Waals surface area contributed by atoms with Crippen molar-refractivity contribution < 1.29 is 23.9 Å². The number of ether oxygens (including phenoxy) is 2. The largest absolute Gasteiger partial charge is 0.469 e. The van der Waals surface area contributed by atoms with Crippen LogP contribution in [0.5, 0.6) is 5.75 Å². The molecule has 1 fully saturated rings. The number of methoxy groups -OCH3 is 1. The molecular formula is C18H22N2O5. The summed E-state index contributed by atoms with van der Waals surface area (Å²) in [5, 5.41) is 2.76. The predicted octanol–water partition coefficient (Wildman–Crippen LogP) is 1.50. The summed E-state index contributed by atoms with van der Waals surface area (Å²) in [6.07, 6.45) is 1.04. The number of hydrogen-bond donors (Lipinski definition) is 1. The van der Waals surface area contributed by atoms with Crippen molar-refractivity contribution in [2.24, 2.45) is 5.92 Å². The summed E-state index contributed by atoms with van der Waals surface area (Å²) < 4.78 is 10.6. The number of carbonyl (C=O) groups excluding carboxylic acids is 3. The molecule has 0 spiro atoms. The van der Waals surface area contributed by atoms with Crippen LogP contribution in [0.25, 0.3) is 0 Å². The molecule has 3 rings (SSSR count). The minimum absolute atomic E-state index is 0.202. The molecule has 0 bridgehead atoms. The third-order valence-electron chi connectivity index (χ3n) is 4.86. The zero-order valence-electron chi connectivity index (χ0n) is 14.6. The van der Waals surface area contributed by atoms with E-state index < -0.39 is 11.5 Å². The van der Waals surface area contributed by atoms with Gasteiger partial charge in [0.05, 0.1) is 18.7 Å². The number of hydrogen-bond acceptors (Lipinski definition) is 5. The van der Waals surface area contributed by atoms with Gasteiger partial charge in [0.2, 0.25) is 0 Å². The second-order valence-corrected chi connectivity index (χ2v) is 6.68. The number of benzene rings is 1. The average Bonchev–Trinajstić information content (AvgIpc) is 2.62. The van der Waals surface area contributed by atoms with E-state index in [2.05, 4.69) is 5.32 Å². The van der Waals surface area contributed by atoms with Gasteiger partial charge in [-0.2, -0.15) is 0 Å². The lowest BCUT2D eigenvalue weighted by Gasteiger charge is -2.39. The van der Waals surface area contributed by atoms with Gasteiger partial charge in [0.15, 0.2) is 0 Å². The van der Waals surface area contributed by atoms with Crippen molar-refractivity contribution in [3.05, 3.63) is 23.8 Å². The van der Waals surface area contributed by atoms with Crippen molar-refractivity contribution in [3.63, 3.8) is 0 Å². The van der Waals surface area contributed by atoms with Crippen molar-refractivity contribution in [2.75, 3.05) is 25.5 Å². The first-order chi connectivity index (χ1) is 11.8. The molecule has 2 heterocycles. The van der Waals surface area contributed by atoms with Crippen LogP contribution in [-0.4, -0.2) is 48.5 Å². The van der Waals surface area contributed by atoms with E-state index in [1.54, 1.807) is 17.0 Å². The molecule has 1 atom stereocenters. The highest BCUT2D eigenvalue weighted by Crippen LogP contribution is 2.35. The smallest absolute Gasteiger partial charge is 0.308 e. The molecule has 25 heavy (non-hydrogen) atoms. The summed E-state index contributed by atoms with van der Waals surface area (Å²) in [6, 6.07) is 5.42. The van der Waals surface area contributed by atoms with Crippen LogP contribution in [0.2, 0.25) is 0 Å². The van der Waals surface area contributed by atoms with Crippen LogP contribution in [-0.2, 0) is 19.1 Å². The Morgan fingerprint density at radius 1 is 1.32 bits per heavy atom. The Morgan fingerprint density at radius 3 is 2.64 bits per heavy atom. The fraction of sp³-hybridized carbons (Fsp3) is 0.500. The normalized spacial score (nSPS) is 23.3. The molecule has 1 unspecified atom stereocenters. The number of piperidine rings is 1. The van der Waals surface area contributed by atoms with E-state index in [-0.39, 0.29) is 17.8 Å². The lowest BCUT2D eigenvalue weighted by Crippen LogP contribution is -2.60. The third-order valence-corrected chi connectivity index (χ3v) is 4.86. The fourth-order valence-electron chi connectivity index (χ4n) is 3.27. The molecule has 0 aliphatic carbocycles. The molecule has 2 aliphatic heterocycles. The highest BCUT2D eigenvalue weighted by molar-refractivity contribution is 6.15. The van der Waals surface area contributed by atoms with Gasteiger partial charge in [0, 0.05) is 13.1 Å². The van der Waals surface area contributed by atoms with Gasteiger partial charge in [0.1, 0.15) is 5.75 Å². The molecule has 134 valence electrons. The molecule has 1 aromatic carbocycles. The SMILES string of the molecule is COC(=O)C1CCN(C(=O)C2(C)Oc3ccc(C)cc3NC2=O)CC1. The van der Waals surface area contributed by atoms with Crippen molar-refractivity contribution in [2.45, 2.75) is 32.3 Å². The second-order valence-electron chi connectivity index (χ2n) is 6.68. The summed E-state index contributed by atoms with van der Waals surface area (Å²) in [5.74, 6) is -0.850. The van der Waals surface area contributed by atoms with E-state index in [1.807, 2.05) is 13.0 Å². The first-order valence-corrected chi connectivity index (χ1v) is 8.33. The van der Waals surface area contributed by atoms with Crippen LogP contribution in [0.3, 0.4) is 0 Å². The molecule has 2 aliphatic rings. The van der Waals surface area contributed by atoms with Gasteiger partial charge in [-0.1, -0.05) is 6.07 Å². The van der Waals surface area contributed by atoms with Crippen LogP contribution in [0.1, 0.15) is 25.3 Å². The summed E-state index contributed by atoms with van der Waals surface area (Å²) in [5.41, 5.74) is -0.0532. The molecule has 0 radical (unpaired) electrons.